The molecule has 1 unspecified atom stereocenters. The molecule has 1 saturated carbocycles. The molecule has 1 atom stereocenters. The fourth-order valence-corrected chi connectivity index (χ4v) is 4.51. The number of aromatic nitrogens is 2. The number of piperazine rings is 1. The maximum absolute atomic E-state index is 5.58. The van der Waals surface area contributed by atoms with Gasteiger partial charge in [0.2, 0.25) is 5.89 Å². The molecule has 2 heterocycles. The predicted octanol–water partition coefficient (Wildman–Crippen LogP) is 3.92. The van der Waals surface area contributed by atoms with E-state index in [1.54, 1.807) is 0 Å². The molecule has 1 aliphatic heterocycles. The third-order valence-corrected chi connectivity index (χ3v) is 6.24. The Hall–Kier alpha value is -1.72. The van der Waals surface area contributed by atoms with Gasteiger partial charge in [-0.1, -0.05) is 54.8 Å². The first kappa shape index (κ1) is 18.6. The lowest BCUT2D eigenvalue weighted by Crippen LogP contribution is -2.48. The van der Waals surface area contributed by atoms with E-state index < -0.39 is 0 Å². The number of benzene rings is 1. The zero-order valence-corrected chi connectivity index (χ0v) is 16.5. The van der Waals surface area contributed by atoms with E-state index in [-0.39, 0.29) is 6.04 Å². The lowest BCUT2D eigenvalue weighted by molar-refractivity contribution is 0.0749. The van der Waals surface area contributed by atoms with Crippen LogP contribution in [0.3, 0.4) is 0 Å². The number of hydrogen-bond donors (Lipinski definition) is 0. The van der Waals surface area contributed by atoms with Crippen molar-refractivity contribution in [2.45, 2.75) is 51.5 Å². The number of nitrogens with zero attached hydrogens (tertiary/aromatic N) is 4. The summed E-state index contributed by atoms with van der Waals surface area (Å²) in [7, 11) is 0. The Morgan fingerprint density at radius 3 is 2.52 bits per heavy atom. The van der Waals surface area contributed by atoms with Crippen molar-refractivity contribution >= 4 is 0 Å². The van der Waals surface area contributed by atoms with Gasteiger partial charge in [0.1, 0.15) is 0 Å². The highest BCUT2D eigenvalue weighted by Crippen LogP contribution is 2.26. The highest BCUT2D eigenvalue weighted by Gasteiger charge is 2.27. The van der Waals surface area contributed by atoms with Crippen LogP contribution >= 0.6 is 0 Å². The Balaban J connectivity index is 1.27. The molecule has 5 nitrogen and oxygen atoms in total. The summed E-state index contributed by atoms with van der Waals surface area (Å²) in [5, 5.41) is 4.20. The van der Waals surface area contributed by atoms with Crippen molar-refractivity contribution in [3.63, 3.8) is 0 Å². The molecule has 0 spiro atoms. The fraction of sp³-hybridized carbons (Fsp3) is 0.636. The first-order valence-corrected chi connectivity index (χ1v) is 10.6. The summed E-state index contributed by atoms with van der Waals surface area (Å²) in [5.74, 6) is 2.46. The van der Waals surface area contributed by atoms with E-state index in [4.69, 9.17) is 4.52 Å². The van der Waals surface area contributed by atoms with E-state index in [9.17, 15) is 0 Å². The summed E-state index contributed by atoms with van der Waals surface area (Å²) in [6.45, 7) is 7.98. The Morgan fingerprint density at radius 2 is 1.78 bits per heavy atom. The molecule has 0 N–H and O–H groups in total. The molecule has 0 amide bonds. The van der Waals surface area contributed by atoms with Gasteiger partial charge in [-0.3, -0.25) is 4.90 Å². The van der Waals surface area contributed by atoms with Gasteiger partial charge in [-0.05, 0) is 31.2 Å². The van der Waals surface area contributed by atoms with Crippen molar-refractivity contribution in [3.05, 3.63) is 47.6 Å². The van der Waals surface area contributed by atoms with Gasteiger partial charge in [-0.2, -0.15) is 4.98 Å². The Bertz CT molecular complexity index is 687. The minimum atomic E-state index is 0.193. The van der Waals surface area contributed by atoms with Gasteiger partial charge in [-0.25, -0.2) is 0 Å². The molecule has 1 aromatic heterocycles. The largest absolute Gasteiger partial charge is 0.338 e. The van der Waals surface area contributed by atoms with Gasteiger partial charge < -0.3 is 9.42 Å². The second-order valence-corrected chi connectivity index (χ2v) is 8.23. The lowest BCUT2D eigenvalue weighted by Gasteiger charge is -2.38. The molecule has 0 radical (unpaired) electrons. The van der Waals surface area contributed by atoms with Crippen LogP contribution < -0.4 is 0 Å². The summed E-state index contributed by atoms with van der Waals surface area (Å²) < 4.78 is 5.58. The molecule has 1 saturated heterocycles. The zero-order chi connectivity index (χ0) is 18.5. The van der Waals surface area contributed by atoms with Crippen LogP contribution in [0.4, 0.5) is 0 Å². The van der Waals surface area contributed by atoms with Gasteiger partial charge in [0.25, 0.3) is 0 Å². The highest BCUT2D eigenvalue weighted by atomic mass is 16.5. The number of rotatable bonds is 6. The average molecular weight is 369 g/mol. The minimum Gasteiger partial charge on any atom is -0.338 e. The molecule has 146 valence electrons. The Kier molecular flexibility index (Phi) is 6.20. The van der Waals surface area contributed by atoms with Crippen LogP contribution in [0.2, 0.25) is 0 Å². The van der Waals surface area contributed by atoms with Crippen molar-refractivity contribution in [1.82, 2.24) is 19.9 Å². The van der Waals surface area contributed by atoms with Crippen LogP contribution in [0.25, 0.3) is 0 Å². The smallest absolute Gasteiger partial charge is 0.243 e. The van der Waals surface area contributed by atoms with Gasteiger partial charge >= 0.3 is 0 Å². The van der Waals surface area contributed by atoms with E-state index in [0.29, 0.717) is 0 Å². The quantitative estimate of drug-likeness (QED) is 0.773. The van der Waals surface area contributed by atoms with E-state index in [2.05, 4.69) is 39.0 Å². The van der Waals surface area contributed by atoms with Crippen LogP contribution in [-0.2, 0) is 6.42 Å². The van der Waals surface area contributed by atoms with Crippen molar-refractivity contribution in [2.75, 3.05) is 32.7 Å². The van der Waals surface area contributed by atoms with Crippen molar-refractivity contribution in [2.24, 2.45) is 5.92 Å². The van der Waals surface area contributed by atoms with Crippen molar-refractivity contribution < 1.29 is 4.52 Å². The third-order valence-electron chi connectivity index (χ3n) is 6.24. The van der Waals surface area contributed by atoms with Crippen LogP contribution in [0.5, 0.6) is 0 Å². The maximum Gasteiger partial charge on any atom is 0.243 e. The molecule has 1 aromatic carbocycles. The fourth-order valence-electron chi connectivity index (χ4n) is 4.51. The molecular formula is C22H32N4O. The normalized spacial score (nSPS) is 21.4. The van der Waals surface area contributed by atoms with E-state index in [1.165, 1.54) is 44.2 Å². The summed E-state index contributed by atoms with van der Waals surface area (Å²) in [6, 6.07) is 10.5. The van der Waals surface area contributed by atoms with E-state index in [1.807, 2.05) is 18.2 Å². The Morgan fingerprint density at radius 1 is 1.04 bits per heavy atom. The predicted molar refractivity (Wildman–Crippen MR) is 107 cm³/mol. The monoisotopic (exact) mass is 368 g/mol. The molecule has 4 rings (SSSR count). The van der Waals surface area contributed by atoms with Crippen LogP contribution in [-0.4, -0.2) is 52.7 Å². The molecule has 27 heavy (non-hydrogen) atoms. The summed E-state index contributed by atoms with van der Waals surface area (Å²) >= 11 is 0. The molecule has 0 bridgehead atoms. The van der Waals surface area contributed by atoms with Crippen molar-refractivity contribution in [1.29, 1.82) is 0 Å². The number of hydrogen-bond acceptors (Lipinski definition) is 5. The van der Waals surface area contributed by atoms with Crippen LogP contribution in [0.15, 0.2) is 34.9 Å². The molecule has 2 fully saturated rings. The van der Waals surface area contributed by atoms with Crippen LogP contribution in [0.1, 0.15) is 62.3 Å². The van der Waals surface area contributed by atoms with Crippen molar-refractivity contribution in [3.8, 4) is 0 Å². The summed E-state index contributed by atoms with van der Waals surface area (Å²) in [5.41, 5.74) is 1.22. The first-order chi connectivity index (χ1) is 13.3. The molecular weight excluding hydrogens is 336 g/mol. The molecule has 5 heteroatoms. The minimum absolute atomic E-state index is 0.193. The average Bonchev–Trinajstić information content (AvgIpc) is 3.18. The first-order valence-electron chi connectivity index (χ1n) is 10.6. The van der Waals surface area contributed by atoms with Gasteiger partial charge in [0.15, 0.2) is 5.82 Å². The second-order valence-electron chi connectivity index (χ2n) is 8.23. The standard InChI is InChI=1S/C22H32N4O/c1-18(22-23-21(24-27-22)16-19-8-4-2-5-9-19)26-14-12-25(13-15-26)17-20-10-6-3-7-11-20/h2,4-5,8-9,18,20H,3,6-7,10-17H2,1H3. The highest BCUT2D eigenvalue weighted by molar-refractivity contribution is 5.18. The molecule has 2 aliphatic rings. The maximum atomic E-state index is 5.58. The second kappa shape index (κ2) is 8.98. The SMILES string of the molecule is CC(c1nc(Cc2ccccc2)no1)N1CCN(CC2CCCCC2)CC1. The van der Waals surface area contributed by atoms with E-state index in [0.717, 1.165) is 50.2 Å². The lowest BCUT2D eigenvalue weighted by atomic mass is 9.89. The summed E-state index contributed by atoms with van der Waals surface area (Å²) in [4.78, 5) is 9.80. The molecule has 2 aromatic rings. The van der Waals surface area contributed by atoms with Gasteiger partial charge in [0.05, 0.1) is 6.04 Å². The summed E-state index contributed by atoms with van der Waals surface area (Å²) in [6.07, 6.45) is 7.91. The van der Waals surface area contributed by atoms with Gasteiger partial charge in [0, 0.05) is 39.1 Å². The van der Waals surface area contributed by atoms with Gasteiger partial charge in [-0.15, -0.1) is 0 Å². The Labute approximate surface area is 162 Å². The topological polar surface area (TPSA) is 45.4 Å². The molecule has 1 aliphatic carbocycles. The van der Waals surface area contributed by atoms with E-state index >= 15 is 0 Å². The van der Waals surface area contributed by atoms with Crippen LogP contribution in [0, 0.1) is 5.92 Å². The zero-order valence-electron chi connectivity index (χ0n) is 16.5. The third kappa shape index (κ3) is 4.96.